The van der Waals surface area contributed by atoms with E-state index < -0.39 is 96.4 Å². The molecule has 6 aromatic rings. The number of amides is 8. The molecule has 0 radical (unpaired) electrons. The number of hydrazine groups is 2. The fraction of sp³-hybridized carbons (Fsp3) is 0.439. The van der Waals surface area contributed by atoms with Gasteiger partial charge >= 0.3 is 0 Å². The van der Waals surface area contributed by atoms with Crippen LogP contribution in [0.1, 0.15) is 93.9 Å². The first-order valence-electron chi connectivity index (χ1n) is 32.2. The van der Waals surface area contributed by atoms with Gasteiger partial charge in [0.2, 0.25) is 35.4 Å². The minimum absolute atomic E-state index is 0.0139. The number of aldehydes is 2. The molecule has 5 heterocycles. The molecule has 9 atom stereocenters. The average molecular weight is 1320 g/mol. The number of fused-ring (bicyclic) bond motifs is 1. The summed E-state index contributed by atoms with van der Waals surface area (Å²) in [5.41, 5.74) is 16.9. The largest absolute Gasteiger partial charge is 0.508 e. The number of guanidine groups is 1. The number of imidazole rings is 2. The van der Waals surface area contributed by atoms with Crippen molar-refractivity contribution in [1.29, 1.82) is 0 Å². The Morgan fingerprint density at radius 2 is 1.48 bits per heavy atom. The van der Waals surface area contributed by atoms with Crippen molar-refractivity contribution in [3.63, 3.8) is 0 Å². The number of likely N-dealkylation sites (N-methyl/N-ethyl adjacent to an activating group) is 1. The van der Waals surface area contributed by atoms with Crippen molar-refractivity contribution in [3.05, 3.63) is 138 Å². The number of carbonyl (C=O) groups excluding carboxylic acids is 10. The van der Waals surface area contributed by atoms with Crippen molar-refractivity contribution < 1.29 is 58.2 Å². The van der Waals surface area contributed by atoms with Gasteiger partial charge in [-0.3, -0.25) is 53.4 Å². The van der Waals surface area contributed by atoms with Crippen LogP contribution in [0.2, 0.25) is 0 Å². The number of aliphatic hydroxyl groups excluding tert-OH is 1. The van der Waals surface area contributed by atoms with Crippen LogP contribution in [0.15, 0.2) is 115 Å². The van der Waals surface area contributed by atoms with Crippen LogP contribution >= 0.6 is 0 Å². The van der Waals surface area contributed by atoms with E-state index in [1.807, 2.05) is 50.2 Å². The van der Waals surface area contributed by atoms with E-state index >= 15 is 24.0 Å². The fourth-order valence-electron chi connectivity index (χ4n) is 11.9. The molecule has 2 aliphatic rings. The van der Waals surface area contributed by atoms with Crippen LogP contribution in [0.5, 0.6) is 5.75 Å². The number of H-pyrrole nitrogens is 2. The predicted octanol–water partition coefficient (Wildman–Crippen LogP) is -0.397. The Morgan fingerprint density at radius 1 is 0.781 bits per heavy atom. The van der Waals surface area contributed by atoms with E-state index in [1.54, 1.807) is 47.1 Å². The summed E-state index contributed by atoms with van der Waals surface area (Å²) in [5, 5.41) is 42.5. The lowest BCUT2D eigenvalue weighted by atomic mass is 10.0. The summed E-state index contributed by atoms with van der Waals surface area (Å²) in [5.74, 6) is -6.29. The first-order valence-corrected chi connectivity index (χ1v) is 32.2. The SMILES string of the molecule is CCNC(=O)[C@@H]1CCCN1N(C(=O)[C@H](CC(C)C)NC(=O)C(Cc1nccn1Cc1ccccc1)NC(=O)[C@H](Cc1ccc(O)cc1)NC(=O)[C@H](CO)NN(C(=O)[C@H](Cc1cnc[nH]1)NC(=O)C1CCC(=O)N1)[C@H](C=O)Cc1c[nH]c2ccccc12)[C@H](C=O)CCCN=C(N)N. The van der Waals surface area contributed by atoms with E-state index in [9.17, 15) is 34.2 Å². The maximum Gasteiger partial charge on any atom is 0.260 e. The molecule has 15 N–H and O–H groups in total. The number of hydrogen-bond acceptors (Lipinski definition) is 17. The summed E-state index contributed by atoms with van der Waals surface area (Å²) >= 11 is 0. The normalized spacial score (nSPS) is 16.8. The van der Waals surface area contributed by atoms with Gasteiger partial charge in [-0.2, -0.15) is 0 Å². The van der Waals surface area contributed by atoms with Crippen LogP contribution in [0, 0.1) is 5.92 Å². The number of benzene rings is 3. The maximum atomic E-state index is 15.5. The third-order valence-corrected chi connectivity index (χ3v) is 16.7. The smallest absolute Gasteiger partial charge is 0.260 e. The van der Waals surface area contributed by atoms with E-state index in [2.05, 4.69) is 62.3 Å². The highest BCUT2D eigenvalue weighted by Gasteiger charge is 2.44. The van der Waals surface area contributed by atoms with Crippen molar-refractivity contribution >= 4 is 76.7 Å². The lowest BCUT2D eigenvalue weighted by molar-refractivity contribution is -0.166. The second-order valence-electron chi connectivity index (χ2n) is 24.2. The van der Waals surface area contributed by atoms with Crippen molar-refractivity contribution in [3.8, 4) is 5.75 Å². The first-order chi connectivity index (χ1) is 46.3. The lowest BCUT2D eigenvalue weighted by Gasteiger charge is -2.41. The van der Waals surface area contributed by atoms with E-state index in [0.29, 0.717) is 65.5 Å². The lowest BCUT2D eigenvalue weighted by Crippen LogP contribution is -2.65. The molecule has 30 nitrogen and oxygen atoms in total. The van der Waals surface area contributed by atoms with Gasteiger partial charge in [0.15, 0.2) is 5.96 Å². The van der Waals surface area contributed by atoms with E-state index in [0.717, 1.165) is 10.6 Å². The van der Waals surface area contributed by atoms with Crippen LogP contribution in [0.3, 0.4) is 0 Å². The summed E-state index contributed by atoms with van der Waals surface area (Å²) in [6.45, 7) is 5.27. The number of carbonyl (C=O) groups is 10. The summed E-state index contributed by atoms with van der Waals surface area (Å²) in [4.78, 5) is 162. The van der Waals surface area contributed by atoms with Crippen molar-refractivity contribution in [2.45, 2.75) is 152 Å². The molecule has 512 valence electrons. The second-order valence-corrected chi connectivity index (χ2v) is 24.2. The fourth-order valence-corrected chi connectivity index (χ4v) is 11.9. The molecule has 2 fully saturated rings. The number of aromatic amines is 2. The second kappa shape index (κ2) is 34.7. The van der Waals surface area contributed by atoms with Crippen LogP contribution in [0.4, 0.5) is 0 Å². The number of aromatic hydroxyl groups is 1. The highest BCUT2D eigenvalue weighted by atomic mass is 16.3. The number of hydrogen-bond donors (Lipinski definition) is 13. The van der Waals surface area contributed by atoms with Gasteiger partial charge in [-0.05, 0) is 86.3 Å². The Bertz CT molecular complexity index is 3650. The van der Waals surface area contributed by atoms with Crippen molar-refractivity contribution in [2.24, 2.45) is 22.4 Å². The van der Waals surface area contributed by atoms with E-state index in [4.69, 9.17) is 11.5 Å². The molecule has 3 aromatic carbocycles. The number of rotatable bonds is 36. The molecule has 2 saturated heterocycles. The summed E-state index contributed by atoms with van der Waals surface area (Å²) in [6, 6.07) is 9.90. The third kappa shape index (κ3) is 19.4. The zero-order valence-electron chi connectivity index (χ0n) is 53.9. The maximum absolute atomic E-state index is 15.5. The molecule has 96 heavy (non-hydrogen) atoms. The quantitative estimate of drug-likeness (QED) is 0.00783. The van der Waals surface area contributed by atoms with Crippen LogP contribution in [0.25, 0.3) is 10.9 Å². The number of aliphatic imine (C=N–C) groups is 1. The van der Waals surface area contributed by atoms with Crippen molar-refractivity contribution in [2.75, 3.05) is 26.2 Å². The minimum Gasteiger partial charge on any atom is -0.508 e. The number of nitrogens with two attached hydrogens (primary N) is 2. The van der Waals surface area contributed by atoms with Gasteiger partial charge in [0.05, 0.1) is 12.9 Å². The van der Waals surface area contributed by atoms with Gasteiger partial charge < -0.3 is 77.7 Å². The predicted molar refractivity (Wildman–Crippen MR) is 352 cm³/mol. The molecule has 0 spiro atoms. The number of nitrogens with zero attached hydrogens (tertiary/aromatic N) is 7. The Labute approximate surface area is 554 Å². The van der Waals surface area contributed by atoms with Gasteiger partial charge in [0.1, 0.15) is 78.5 Å². The van der Waals surface area contributed by atoms with Gasteiger partial charge in [0, 0.05) is 99.7 Å². The summed E-state index contributed by atoms with van der Waals surface area (Å²) in [7, 11) is 0. The number of phenolic OH excluding ortho intramolecular Hbond substituents is 1. The summed E-state index contributed by atoms with van der Waals surface area (Å²) in [6.07, 6.45) is 9.09. The molecule has 3 aromatic heterocycles. The molecular formula is C66H86N18O12. The van der Waals surface area contributed by atoms with Crippen LogP contribution < -0.4 is 48.8 Å². The average Bonchev–Trinajstić information content (AvgIpc) is 1.45. The Morgan fingerprint density at radius 3 is 2.14 bits per heavy atom. The molecule has 8 amide bonds. The third-order valence-electron chi connectivity index (χ3n) is 16.7. The Hall–Kier alpha value is -10.3. The molecular weight excluding hydrogens is 1240 g/mol. The highest BCUT2D eigenvalue weighted by Crippen LogP contribution is 2.26. The van der Waals surface area contributed by atoms with Gasteiger partial charge in [-0.25, -0.2) is 20.4 Å². The molecule has 30 heteroatoms. The number of aliphatic hydroxyl groups is 1. The van der Waals surface area contributed by atoms with E-state index in [-0.39, 0.29) is 107 Å². The number of para-hydroxylation sites is 1. The molecule has 8 rings (SSSR count). The Kier molecular flexibility index (Phi) is 25.9. The zero-order chi connectivity index (χ0) is 68.8. The van der Waals surface area contributed by atoms with Gasteiger partial charge in [-0.1, -0.05) is 74.5 Å². The molecule has 0 saturated carbocycles. The number of nitrogens with one attached hydrogen (secondary N) is 9. The molecule has 2 aliphatic heterocycles. The van der Waals surface area contributed by atoms with Gasteiger partial charge in [-0.15, -0.1) is 0 Å². The standard InChI is InChI=1S/C66H86N18O12/c1-4-70-63(94)56-17-11-26-82(56)84(45(36-85)14-10-24-72-66(67)68)65(96)53(28-40(2)3)78-61(92)52(32-57-71-25-27-81(57)35-42-12-6-5-7-13-42)77-60(91)51(29-41-18-20-47(88)21-19-41)76-62(93)55(38-87)80-83(46(37-86)30-43-33-73-49-16-9-8-15-48(43)49)64(95)54(31-44-34-69-39-74-44)79-59(90)50-22-23-58(89)75-50/h5-9,12-13,15-16,18-21,25,27,33-34,36-37,39-40,45-46,50-56,73,80,87-88H,4,10-11,14,17,22-24,26,28-32,35,38H2,1-3H3,(H,69,74)(H,70,94)(H,75,89)(H,76,93)(H,77,91)(H,78,92)(H,79,90)(H4,67,68,72)/t45-,46-,50?,51-,52?,53-,54-,55-,56-/m0/s1. The zero-order valence-corrected chi connectivity index (χ0v) is 53.9. The van der Waals surface area contributed by atoms with Gasteiger partial charge in [0.25, 0.3) is 11.8 Å². The van der Waals surface area contributed by atoms with E-state index in [1.165, 1.54) is 48.0 Å². The Balaban J connectivity index is 1.14. The molecule has 0 bridgehead atoms. The van der Waals surface area contributed by atoms with Crippen LogP contribution in [-0.4, -0.2) is 196 Å². The first kappa shape index (κ1) is 71.5. The minimum atomic E-state index is -1.84. The topological polar surface area (TPSA) is 432 Å². The number of aromatic nitrogens is 5. The monoisotopic (exact) mass is 1320 g/mol. The molecule has 0 aliphatic carbocycles. The molecule has 2 unspecified atom stereocenters. The van der Waals surface area contributed by atoms with Crippen molar-refractivity contribution in [1.82, 2.24) is 76.9 Å². The highest BCUT2D eigenvalue weighted by molar-refractivity contribution is 5.97. The summed E-state index contributed by atoms with van der Waals surface area (Å²) < 4.78 is 1.77. The van der Waals surface area contributed by atoms with Crippen LogP contribution in [-0.2, 0) is 80.2 Å². The number of phenols is 1.